The molecule has 104 valence electrons. The van der Waals surface area contributed by atoms with Crippen LogP contribution in [0.25, 0.3) is 0 Å². The van der Waals surface area contributed by atoms with Crippen LogP contribution in [-0.2, 0) is 4.79 Å². The number of nitrogens with zero attached hydrogens (tertiary/aromatic N) is 1. The van der Waals surface area contributed by atoms with Crippen LogP contribution in [0.15, 0.2) is 24.3 Å². The molecule has 0 radical (unpaired) electrons. The number of quaternary nitrogens is 1. The van der Waals surface area contributed by atoms with Crippen LogP contribution in [0.1, 0.15) is 24.3 Å². The van der Waals surface area contributed by atoms with E-state index in [9.17, 15) is 9.18 Å². The molecule has 0 aromatic heterocycles. The molecule has 1 aromatic rings. The Kier molecular flexibility index (Phi) is 4.82. The van der Waals surface area contributed by atoms with Crippen LogP contribution in [0.4, 0.5) is 4.39 Å². The van der Waals surface area contributed by atoms with Crippen molar-refractivity contribution in [3.63, 3.8) is 0 Å². The molecule has 2 rings (SSSR count). The predicted molar refractivity (Wildman–Crippen MR) is 75.2 cm³/mol. The van der Waals surface area contributed by atoms with Crippen molar-refractivity contribution >= 4 is 17.7 Å². The standard InChI is InChI=1S/C14H19FN2OS/c1-10-13(18)17(8-4-7-16-2)14(19-10)11-5-3-6-12(15)9-11/h3,5-6,9-10,14,16H,4,7-8H2,1-2H3/p+1/t10-,14-/m1/s1. The van der Waals surface area contributed by atoms with Crippen LogP contribution in [-0.4, -0.2) is 36.2 Å². The lowest BCUT2D eigenvalue weighted by Gasteiger charge is -2.23. The van der Waals surface area contributed by atoms with Gasteiger partial charge >= 0.3 is 0 Å². The molecule has 1 heterocycles. The summed E-state index contributed by atoms with van der Waals surface area (Å²) in [5.74, 6) is -0.0812. The Morgan fingerprint density at radius 1 is 1.47 bits per heavy atom. The molecule has 3 nitrogen and oxygen atoms in total. The topological polar surface area (TPSA) is 36.9 Å². The summed E-state index contributed by atoms with van der Waals surface area (Å²) in [5, 5.41) is 2.02. The Hall–Kier alpha value is -1.07. The van der Waals surface area contributed by atoms with Gasteiger partial charge in [0.05, 0.1) is 18.8 Å². The zero-order valence-electron chi connectivity index (χ0n) is 11.3. The third-order valence-corrected chi connectivity index (χ3v) is 4.67. The number of hydrogen-bond acceptors (Lipinski definition) is 2. The average molecular weight is 283 g/mol. The molecule has 1 fully saturated rings. The van der Waals surface area contributed by atoms with E-state index in [1.807, 2.05) is 24.9 Å². The molecule has 1 aliphatic heterocycles. The van der Waals surface area contributed by atoms with Crippen molar-refractivity contribution in [3.05, 3.63) is 35.6 Å². The van der Waals surface area contributed by atoms with Crippen LogP contribution in [0.5, 0.6) is 0 Å². The first kappa shape index (κ1) is 14.3. The van der Waals surface area contributed by atoms with Gasteiger partial charge in [-0.15, -0.1) is 11.8 Å². The second-order valence-electron chi connectivity index (χ2n) is 4.77. The normalized spacial score (nSPS) is 23.1. The van der Waals surface area contributed by atoms with Gasteiger partial charge < -0.3 is 10.2 Å². The Bertz CT molecular complexity index is 455. The Balaban J connectivity index is 2.15. The van der Waals surface area contributed by atoms with Crippen molar-refractivity contribution < 1.29 is 14.5 Å². The highest BCUT2D eigenvalue weighted by molar-refractivity contribution is 8.01. The van der Waals surface area contributed by atoms with Crippen molar-refractivity contribution in [2.45, 2.75) is 24.0 Å². The van der Waals surface area contributed by atoms with Crippen molar-refractivity contribution in [1.82, 2.24) is 4.90 Å². The van der Waals surface area contributed by atoms with Gasteiger partial charge in [-0.2, -0.15) is 0 Å². The first-order chi connectivity index (χ1) is 9.13. The first-order valence-electron chi connectivity index (χ1n) is 6.62. The molecule has 2 N–H and O–H groups in total. The van der Waals surface area contributed by atoms with Gasteiger partial charge in [0, 0.05) is 13.0 Å². The Morgan fingerprint density at radius 2 is 2.26 bits per heavy atom. The molecule has 0 saturated carbocycles. The molecule has 0 unspecified atom stereocenters. The maximum absolute atomic E-state index is 13.3. The van der Waals surface area contributed by atoms with E-state index in [2.05, 4.69) is 5.32 Å². The van der Waals surface area contributed by atoms with Crippen LogP contribution in [0.2, 0.25) is 0 Å². The molecule has 2 atom stereocenters. The lowest BCUT2D eigenvalue weighted by atomic mass is 10.2. The number of hydrogen-bond donors (Lipinski definition) is 1. The molecular formula is C14H20FN2OS+. The summed E-state index contributed by atoms with van der Waals surface area (Å²) >= 11 is 1.60. The summed E-state index contributed by atoms with van der Waals surface area (Å²) in [6.45, 7) is 3.66. The summed E-state index contributed by atoms with van der Waals surface area (Å²) in [7, 11) is 2.02. The lowest BCUT2D eigenvalue weighted by Crippen LogP contribution is -2.79. The van der Waals surface area contributed by atoms with Crippen LogP contribution < -0.4 is 5.32 Å². The van der Waals surface area contributed by atoms with E-state index in [4.69, 9.17) is 0 Å². The molecule has 1 aromatic carbocycles. The fourth-order valence-electron chi connectivity index (χ4n) is 2.29. The average Bonchev–Trinajstić information content (AvgIpc) is 2.67. The highest BCUT2D eigenvalue weighted by atomic mass is 32.2. The molecule has 0 aliphatic carbocycles. The minimum atomic E-state index is -0.244. The number of carbonyl (C=O) groups is 1. The Labute approximate surface area is 117 Å². The van der Waals surface area contributed by atoms with E-state index in [-0.39, 0.29) is 22.3 Å². The fraction of sp³-hybridized carbons (Fsp3) is 0.500. The minimum absolute atomic E-state index is 0.0427. The summed E-state index contributed by atoms with van der Waals surface area (Å²) < 4.78 is 13.3. The number of thioether (sulfide) groups is 1. The highest BCUT2D eigenvalue weighted by Gasteiger charge is 2.38. The number of benzene rings is 1. The number of rotatable bonds is 5. The zero-order chi connectivity index (χ0) is 13.8. The van der Waals surface area contributed by atoms with Gasteiger partial charge in [0.15, 0.2) is 0 Å². The molecule has 1 saturated heterocycles. The van der Waals surface area contributed by atoms with Gasteiger partial charge in [0.1, 0.15) is 11.2 Å². The smallest absolute Gasteiger partial charge is 0.236 e. The van der Waals surface area contributed by atoms with Crippen molar-refractivity contribution in [2.24, 2.45) is 0 Å². The SMILES string of the molecule is C[NH2+]CCCN1C(=O)[C@@H](C)S[C@@H]1c1cccc(F)c1. The van der Waals surface area contributed by atoms with E-state index >= 15 is 0 Å². The number of halogens is 1. The van der Waals surface area contributed by atoms with Crippen LogP contribution in [0, 0.1) is 5.82 Å². The van der Waals surface area contributed by atoms with Crippen molar-refractivity contribution in [2.75, 3.05) is 20.1 Å². The molecular weight excluding hydrogens is 263 g/mol. The second kappa shape index (κ2) is 6.39. The van der Waals surface area contributed by atoms with E-state index in [0.29, 0.717) is 0 Å². The third kappa shape index (κ3) is 3.28. The molecule has 5 heteroatoms. The van der Waals surface area contributed by atoms with Gasteiger partial charge in [-0.1, -0.05) is 12.1 Å². The van der Waals surface area contributed by atoms with Gasteiger partial charge in [-0.25, -0.2) is 4.39 Å². The minimum Gasteiger partial charge on any atom is -0.349 e. The summed E-state index contributed by atoms with van der Waals surface area (Å²) in [4.78, 5) is 14.1. The fourth-order valence-corrected chi connectivity index (χ4v) is 3.58. The van der Waals surface area contributed by atoms with Gasteiger partial charge in [0.2, 0.25) is 5.91 Å². The van der Waals surface area contributed by atoms with E-state index < -0.39 is 0 Å². The van der Waals surface area contributed by atoms with Crippen LogP contribution >= 0.6 is 11.8 Å². The van der Waals surface area contributed by atoms with Gasteiger partial charge in [-0.05, 0) is 24.6 Å². The van der Waals surface area contributed by atoms with Crippen molar-refractivity contribution in [1.29, 1.82) is 0 Å². The third-order valence-electron chi connectivity index (χ3n) is 3.27. The summed E-state index contributed by atoms with van der Waals surface area (Å²) in [6.07, 6.45) is 0.960. The Morgan fingerprint density at radius 3 is 2.95 bits per heavy atom. The predicted octanol–water partition coefficient (Wildman–Crippen LogP) is 1.37. The maximum Gasteiger partial charge on any atom is 0.236 e. The first-order valence-corrected chi connectivity index (χ1v) is 7.57. The van der Waals surface area contributed by atoms with Gasteiger partial charge in [0.25, 0.3) is 0 Å². The van der Waals surface area contributed by atoms with E-state index in [0.717, 1.165) is 25.1 Å². The molecule has 0 bridgehead atoms. The maximum atomic E-state index is 13.3. The van der Waals surface area contributed by atoms with Crippen molar-refractivity contribution in [3.8, 4) is 0 Å². The van der Waals surface area contributed by atoms with E-state index in [1.165, 1.54) is 12.1 Å². The summed E-state index contributed by atoms with van der Waals surface area (Å²) in [5.41, 5.74) is 0.878. The number of carbonyl (C=O) groups excluding carboxylic acids is 1. The molecule has 0 spiro atoms. The van der Waals surface area contributed by atoms with E-state index in [1.54, 1.807) is 17.8 Å². The zero-order valence-corrected chi connectivity index (χ0v) is 12.1. The van der Waals surface area contributed by atoms with Crippen LogP contribution in [0.3, 0.4) is 0 Å². The number of amides is 1. The summed E-state index contributed by atoms with van der Waals surface area (Å²) in [6, 6.07) is 6.56. The monoisotopic (exact) mass is 283 g/mol. The largest absolute Gasteiger partial charge is 0.349 e. The van der Waals surface area contributed by atoms with Gasteiger partial charge in [-0.3, -0.25) is 4.79 Å². The highest BCUT2D eigenvalue weighted by Crippen LogP contribution is 2.42. The quantitative estimate of drug-likeness (QED) is 0.829. The second-order valence-corrected chi connectivity index (χ2v) is 6.19. The number of nitrogens with two attached hydrogens (primary N) is 1. The lowest BCUT2D eigenvalue weighted by molar-refractivity contribution is -0.627. The molecule has 19 heavy (non-hydrogen) atoms. The molecule has 1 aliphatic rings. The molecule has 1 amide bonds.